The summed E-state index contributed by atoms with van der Waals surface area (Å²) < 4.78 is 0. The first-order valence-corrected chi connectivity index (χ1v) is 7.22. The monoisotopic (exact) mass is 246 g/mol. The van der Waals surface area contributed by atoms with Crippen LogP contribution in [-0.2, 0) is 12.8 Å². The van der Waals surface area contributed by atoms with E-state index in [0.29, 0.717) is 0 Å². The lowest BCUT2D eigenvalue weighted by atomic mass is 10.0. The Hall–Kier alpha value is -1.02. The third kappa shape index (κ3) is 3.05. The molecule has 0 saturated heterocycles. The highest BCUT2D eigenvalue weighted by Gasteiger charge is 2.22. The van der Waals surface area contributed by atoms with Gasteiger partial charge in [-0.15, -0.1) is 0 Å². The third-order valence-corrected chi connectivity index (χ3v) is 3.63. The smallest absolute Gasteiger partial charge is 0.0432 e. The van der Waals surface area contributed by atoms with Crippen LogP contribution in [0.4, 0.5) is 5.69 Å². The highest BCUT2D eigenvalue weighted by atomic mass is 15.1. The molecule has 0 radical (unpaired) electrons. The molecule has 2 heteroatoms. The van der Waals surface area contributed by atoms with Crippen LogP contribution in [0.25, 0.3) is 0 Å². The van der Waals surface area contributed by atoms with E-state index in [1.54, 1.807) is 16.8 Å². The summed E-state index contributed by atoms with van der Waals surface area (Å²) in [6.45, 7) is 8.11. The van der Waals surface area contributed by atoms with Gasteiger partial charge in [-0.25, -0.2) is 0 Å². The van der Waals surface area contributed by atoms with Crippen LogP contribution in [0.15, 0.2) is 18.2 Å². The van der Waals surface area contributed by atoms with Crippen molar-refractivity contribution in [3.05, 3.63) is 29.3 Å². The highest BCUT2D eigenvalue weighted by Crippen LogP contribution is 2.33. The zero-order valence-electron chi connectivity index (χ0n) is 12.0. The van der Waals surface area contributed by atoms with Crippen LogP contribution in [0.3, 0.4) is 0 Å². The first kappa shape index (κ1) is 13.4. The minimum atomic E-state index is 0.737. The lowest BCUT2D eigenvalue weighted by Gasteiger charge is -2.24. The number of para-hydroxylation sites is 1. The molecule has 0 unspecified atom stereocenters. The Labute approximate surface area is 111 Å². The molecule has 0 spiro atoms. The van der Waals surface area contributed by atoms with Crippen LogP contribution in [-0.4, -0.2) is 26.7 Å². The number of rotatable bonds is 6. The van der Waals surface area contributed by atoms with Crippen molar-refractivity contribution in [2.24, 2.45) is 5.92 Å². The van der Waals surface area contributed by atoms with Gasteiger partial charge in [0, 0.05) is 18.8 Å². The van der Waals surface area contributed by atoms with Crippen molar-refractivity contribution in [1.82, 2.24) is 5.32 Å². The Balaban J connectivity index is 2.14. The fourth-order valence-corrected chi connectivity index (χ4v) is 2.90. The number of anilines is 1. The summed E-state index contributed by atoms with van der Waals surface area (Å²) in [5.74, 6) is 0.737. The predicted octanol–water partition coefficient (Wildman–Crippen LogP) is 2.86. The van der Waals surface area contributed by atoms with Gasteiger partial charge in [-0.1, -0.05) is 32.0 Å². The molecule has 1 aliphatic heterocycles. The topological polar surface area (TPSA) is 15.3 Å². The van der Waals surface area contributed by atoms with Gasteiger partial charge in [0.2, 0.25) is 0 Å². The Morgan fingerprint density at radius 3 is 2.89 bits per heavy atom. The fraction of sp³-hybridized carbons (Fsp3) is 0.625. The van der Waals surface area contributed by atoms with Crippen molar-refractivity contribution >= 4 is 5.69 Å². The summed E-state index contributed by atoms with van der Waals surface area (Å²) in [5.41, 5.74) is 4.64. The van der Waals surface area contributed by atoms with Gasteiger partial charge in [0.05, 0.1) is 0 Å². The summed E-state index contributed by atoms with van der Waals surface area (Å²) >= 11 is 0. The number of hydrogen-bond donors (Lipinski definition) is 1. The summed E-state index contributed by atoms with van der Waals surface area (Å²) in [5, 5.41) is 3.24. The zero-order valence-corrected chi connectivity index (χ0v) is 12.0. The van der Waals surface area contributed by atoms with E-state index >= 15 is 0 Å². The molecule has 1 aromatic rings. The second kappa shape index (κ2) is 6.24. The quantitative estimate of drug-likeness (QED) is 0.777. The van der Waals surface area contributed by atoms with E-state index < -0.39 is 0 Å². The Kier molecular flexibility index (Phi) is 4.65. The highest BCUT2D eigenvalue weighted by molar-refractivity contribution is 5.63. The van der Waals surface area contributed by atoms with Gasteiger partial charge in [0.25, 0.3) is 0 Å². The molecule has 0 bridgehead atoms. The minimum absolute atomic E-state index is 0.737. The number of nitrogens with zero attached hydrogens (tertiary/aromatic N) is 1. The molecule has 0 amide bonds. The first-order valence-electron chi connectivity index (χ1n) is 7.22. The van der Waals surface area contributed by atoms with Crippen LogP contribution >= 0.6 is 0 Å². The maximum absolute atomic E-state index is 3.24. The molecular weight excluding hydrogens is 220 g/mol. The number of nitrogens with one attached hydrogen (secondary N) is 1. The molecule has 0 saturated carbocycles. The molecular formula is C16H26N2. The minimum Gasteiger partial charge on any atom is -0.370 e. The van der Waals surface area contributed by atoms with Crippen molar-refractivity contribution in [1.29, 1.82) is 0 Å². The van der Waals surface area contributed by atoms with Crippen LogP contribution in [0.2, 0.25) is 0 Å². The summed E-state index contributed by atoms with van der Waals surface area (Å²) in [4.78, 5) is 2.59. The van der Waals surface area contributed by atoms with Crippen molar-refractivity contribution < 1.29 is 0 Å². The number of fused-ring (bicyclic) bond motifs is 1. The van der Waals surface area contributed by atoms with Crippen molar-refractivity contribution in [3.63, 3.8) is 0 Å². The van der Waals surface area contributed by atoms with Crippen LogP contribution < -0.4 is 10.2 Å². The Morgan fingerprint density at radius 2 is 2.17 bits per heavy atom. The van der Waals surface area contributed by atoms with Gasteiger partial charge >= 0.3 is 0 Å². The molecule has 1 heterocycles. The van der Waals surface area contributed by atoms with Gasteiger partial charge in [-0.3, -0.25) is 0 Å². The summed E-state index contributed by atoms with van der Waals surface area (Å²) in [6.07, 6.45) is 3.64. The standard InChI is InChI=1S/C16H26N2/c1-13(2)12-18-11-9-15-7-4-6-14(16(15)18)8-5-10-17-3/h4,6-7,13,17H,5,8-12H2,1-3H3. The summed E-state index contributed by atoms with van der Waals surface area (Å²) in [6, 6.07) is 6.84. The molecule has 0 fully saturated rings. The lowest BCUT2D eigenvalue weighted by molar-refractivity contribution is 0.620. The van der Waals surface area contributed by atoms with Crippen LogP contribution in [0, 0.1) is 5.92 Å². The molecule has 0 aliphatic carbocycles. The number of benzene rings is 1. The van der Waals surface area contributed by atoms with Gasteiger partial charge in [-0.05, 0) is 49.9 Å². The number of hydrogen-bond acceptors (Lipinski definition) is 2. The average Bonchev–Trinajstić information content (AvgIpc) is 2.73. The predicted molar refractivity (Wildman–Crippen MR) is 79.4 cm³/mol. The van der Waals surface area contributed by atoms with E-state index in [-0.39, 0.29) is 0 Å². The van der Waals surface area contributed by atoms with E-state index in [1.165, 1.54) is 32.4 Å². The molecule has 1 N–H and O–H groups in total. The van der Waals surface area contributed by atoms with Gasteiger partial charge in [-0.2, -0.15) is 0 Å². The van der Waals surface area contributed by atoms with Crippen molar-refractivity contribution in [2.45, 2.75) is 33.1 Å². The molecule has 1 aromatic carbocycles. The maximum atomic E-state index is 3.24. The van der Waals surface area contributed by atoms with Crippen molar-refractivity contribution in [2.75, 3.05) is 31.6 Å². The van der Waals surface area contributed by atoms with Crippen molar-refractivity contribution in [3.8, 4) is 0 Å². The second-order valence-corrected chi connectivity index (χ2v) is 5.72. The summed E-state index contributed by atoms with van der Waals surface area (Å²) in [7, 11) is 2.03. The first-order chi connectivity index (χ1) is 8.72. The van der Waals surface area contributed by atoms with Crippen LogP contribution in [0.1, 0.15) is 31.4 Å². The van der Waals surface area contributed by atoms with E-state index in [4.69, 9.17) is 0 Å². The average molecular weight is 246 g/mol. The normalized spacial score (nSPS) is 14.3. The van der Waals surface area contributed by atoms with Crippen LogP contribution in [0.5, 0.6) is 0 Å². The molecule has 18 heavy (non-hydrogen) atoms. The third-order valence-electron chi connectivity index (χ3n) is 3.63. The molecule has 0 aromatic heterocycles. The maximum Gasteiger partial charge on any atom is 0.0432 e. The van der Waals surface area contributed by atoms with E-state index in [0.717, 1.165) is 12.5 Å². The lowest BCUT2D eigenvalue weighted by Crippen LogP contribution is -2.26. The Morgan fingerprint density at radius 1 is 1.33 bits per heavy atom. The Bertz CT molecular complexity index is 385. The van der Waals surface area contributed by atoms with E-state index in [1.807, 2.05) is 7.05 Å². The van der Waals surface area contributed by atoms with Gasteiger partial charge in [0.15, 0.2) is 0 Å². The van der Waals surface area contributed by atoms with Gasteiger partial charge in [0.1, 0.15) is 0 Å². The molecule has 0 atom stereocenters. The SMILES string of the molecule is CNCCCc1cccc2c1N(CC(C)C)CC2. The molecule has 1 aliphatic rings. The molecule has 100 valence electrons. The zero-order chi connectivity index (χ0) is 13.0. The van der Waals surface area contributed by atoms with E-state index in [9.17, 15) is 0 Å². The molecule has 2 rings (SSSR count). The van der Waals surface area contributed by atoms with E-state index in [2.05, 4.69) is 42.3 Å². The molecule has 2 nitrogen and oxygen atoms in total. The largest absolute Gasteiger partial charge is 0.370 e. The second-order valence-electron chi connectivity index (χ2n) is 5.72. The van der Waals surface area contributed by atoms with Gasteiger partial charge < -0.3 is 10.2 Å². The fourth-order valence-electron chi connectivity index (χ4n) is 2.90. The number of aryl methyl sites for hydroxylation is 1.